The highest BCUT2D eigenvalue weighted by atomic mass is 16.6. The Morgan fingerprint density at radius 1 is 1.61 bits per heavy atom. The van der Waals surface area contributed by atoms with E-state index in [0.29, 0.717) is 19.5 Å². The normalized spacial score (nSPS) is 10.4. The lowest BCUT2D eigenvalue weighted by molar-refractivity contribution is -0.384. The summed E-state index contributed by atoms with van der Waals surface area (Å²) >= 11 is 0. The van der Waals surface area contributed by atoms with Crippen LogP contribution in [0.1, 0.15) is 23.8 Å². The number of aryl methyl sites for hydroxylation is 1. The van der Waals surface area contributed by atoms with Crippen LogP contribution >= 0.6 is 0 Å². The van der Waals surface area contributed by atoms with Crippen molar-refractivity contribution in [2.75, 3.05) is 19.7 Å². The number of carbonyl (C=O) groups excluding carboxylic acids is 1. The van der Waals surface area contributed by atoms with Gasteiger partial charge in [-0.3, -0.25) is 14.9 Å². The number of nitro groups is 1. The van der Waals surface area contributed by atoms with Crippen molar-refractivity contribution < 1.29 is 14.8 Å². The Kier molecular flexibility index (Phi) is 4.85. The minimum Gasteiger partial charge on any atom is -0.396 e. The van der Waals surface area contributed by atoms with E-state index in [0.717, 1.165) is 0 Å². The number of carbonyl (C=O) groups is 1. The Hall–Kier alpha value is -1.89. The molecule has 1 heterocycles. The van der Waals surface area contributed by atoms with Crippen molar-refractivity contribution in [2.45, 2.75) is 13.3 Å². The summed E-state index contributed by atoms with van der Waals surface area (Å²) in [5.41, 5.74) is 0.181. The fourth-order valence-corrected chi connectivity index (χ4v) is 1.69. The number of rotatable bonds is 6. The van der Waals surface area contributed by atoms with Crippen LogP contribution in [-0.4, -0.2) is 45.1 Å². The fourth-order valence-electron chi connectivity index (χ4n) is 1.69. The molecule has 0 aliphatic rings. The summed E-state index contributed by atoms with van der Waals surface area (Å²) in [6, 6.07) is 1.27. The Balaban J connectivity index is 2.91. The van der Waals surface area contributed by atoms with E-state index in [1.54, 1.807) is 11.9 Å². The summed E-state index contributed by atoms with van der Waals surface area (Å²) in [5.74, 6) is -0.262. The number of amides is 1. The summed E-state index contributed by atoms with van der Waals surface area (Å²) < 4.78 is 1.45. The maximum absolute atomic E-state index is 12.1. The van der Waals surface area contributed by atoms with Gasteiger partial charge in [-0.25, -0.2) is 0 Å². The molecular formula is C11H17N3O4. The van der Waals surface area contributed by atoms with Gasteiger partial charge in [0.2, 0.25) is 0 Å². The first-order valence-electron chi connectivity index (χ1n) is 5.72. The highest BCUT2D eigenvalue weighted by molar-refractivity contribution is 5.93. The van der Waals surface area contributed by atoms with Crippen LogP contribution in [0.3, 0.4) is 0 Å². The van der Waals surface area contributed by atoms with E-state index >= 15 is 0 Å². The first-order valence-corrected chi connectivity index (χ1v) is 5.72. The summed E-state index contributed by atoms with van der Waals surface area (Å²) in [6.07, 6.45) is 1.80. The molecule has 7 nitrogen and oxygen atoms in total. The minimum atomic E-state index is -0.527. The van der Waals surface area contributed by atoms with Gasteiger partial charge in [0.15, 0.2) is 0 Å². The van der Waals surface area contributed by atoms with E-state index in [1.807, 2.05) is 6.92 Å². The molecular weight excluding hydrogens is 238 g/mol. The van der Waals surface area contributed by atoms with Gasteiger partial charge in [-0.15, -0.1) is 0 Å². The predicted octanol–water partition coefficient (Wildman–Crippen LogP) is 0.778. The molecule has 0 aromatic carbocycles. The number of aromatic nitrogens is 1. The van der Waals surface area contributed by atoms with Gasteiger partial charge in [0, 0.05) is 32.8 Å². The van der Waals surface area contributed by atoms with Crippen LogP contribution in [0.25, 0.3) is 0 Å². The summed E-state index contributed by atoms with van der Waals surface area (Å²) in [6.45, 7) is 2.77. The van der Waals surface area contributed by atoms with Gasteiger partial charge in [-0.1, -0.05) is 0 Å². The lowest BCUT2D eigenvalue weighted by atomic mass is 10.3. The van der Waals surface area contributed by atoms with Crippen molar-refractivity contribution in [1.29, 1.82) is 0 Å². The average molecular weight is 255 g/mol. The van der Waals surface area contributed by atoms with Gasteiger partial charge < -0.3 is 14.6 Å². The number of aliphatic hydroxyl groups is 1. The van der Waals surface area contributed by atoms with Crippen LogP contribution in [0.2, 0.25) is 0 Å². The highest BCUT2D eigenvalue weighted by Gasteiger charge is 2.21. The summed E-state index contributed by atoms with van der Waals surface area (Å²) in [7, 11) is 1.60. The predicted molar refractivity (Wildman–Crippen MR) is 65.3 cm³/mol. The third kappa shape index (κ3) is 3.07. The lowest BCUT2D eigenvalue weighted by Gasteiger charge is -2.20. The van der Waals surface area contributed by atoms with Crippen LogP contribution in [0.15, 0.2) is 12.3 Å². The second-order valence-electron chi connectivity index (χ2n) is 3.91. The van der Waals surface area contributed by atoms with E-state index in [1.165, 1.54) is 16.8 Å². The van der Waals surface area contributed by atoms with Crippen molar-refractivity contribution in [3.63, 3.8) is 0 Å². The van der Waals surface area contributed by atoms with Crippen molar-refractivity contribution in [2.24, 2.45) is 7.05 Å². The Bertz CT molecular complexity index is 441. The van der Waals surface area contributed by atoms with Gasteiger partial charge >= 0.3 is 0 Å². The monoisotopic (exact) mass is 255 g/mol. The summed E-state index contributed by atoms with van der Waals surface area (Å²) in [5, 5.41) is 19.4. The minimum absolute atomic E-state index is 0.0110. The maximum Gasteiger partial charge on any atom is 0.287 e. The van der Waals surface area contributed by atoms with Crippen molar-refractivity contribution in [3.05, 3.63) is 28.1 Å². The van der Waals surface area contributed by atoms with Crippen molar-refractivity contribution in [3.8, 4) is 0 Å². The smallest absolute Gasteiger partial charge is 0.287 e. The molecule has 7 heteroatoms. The largest absolute Gasteiger partial charge is 0.396 e. The van der Waals surface area contributed by atoms with E-state index in [-0.39, 0.29) is 23.9 Å². The zero-order valence-electron chi connectivity index (χ0n) is 10.5. The second kappa shape index (κ2) is 6.15. The number of aliphatic hydroxyl groups excluding tert-OH is 1. The molecule has 0 fully saturated rings. The van der Waals surface area contributed by atoms with Crippen molar-refractivity contribution in [1.82, 2.24) is 9.47 Å². The highest BCUT2D eigenvalue weighted by Crippen LogP contribution is 2.16. The molecule has 0 atom stereocenters. The van der Waals surface area contributed by atoms with Gasteiger partial charge in [0.05, 0.1) is 11.1 Å². The van der Waals surface area contributed by atoms with Gasteiger partial charge in [-0.2, -0.15) is 0 Å². The van der Waals surface area contributed by atoms with Crippen LogP contribution in [0.5, 0.6) is 0 Å². The van der Waals surface area contributed by atoms with E-state index < -0.39 is 4.92 Å². The molecule has 0 radical (unpaired) electrons. The Labute approximate surface area is 105 Å². The molecule has 0 saturated carbocycles. The molecule has 1 aromatic heterocycles. The van der Waals surface area contributed by atoms with Gasteiger partial charge in [-0.05, 0) is 13.3 Å². The van der Waals surface area contributed by atoms with Crippen molar-refractivity contribution >= 4 is 11.6 Å². The molecule has 1 amide bonds. The molecule has 0 spiro atoms. The average Bonchev–Trinajstić information content (AvgIpc) is 2.72. The molecule has 1 rings (SSSR count). The molecule has 1 aromatic rings. The van der Waals surface area contributed by atoms with E-state index in [9.17, 15) is 14.9 Å². The van der Waals surface area contributed by atoms with E-state index in [2.05, 4.69) is 0 Å². The van der Waals surface area contributed by atoms with Crippen LogP contribution in [0, 0.1) is 10.1 Å². The quantitative estimate of drug-likeness (QED) is 0.601. The fraction of sp³-hybridized carbons (Fsp3) is 0.545. The zero-order valence-corrected chi connectivity index (χ0v) is 10.5. The molecule has 1 N–H and O–H groups in total. The van der Waals surface area contributed by atoms with E-state index in [4.69, 9.17) is 5.11 Å². The van der Waals surface area contributed by atoms with Gasteiger partial charge in [0.25, 0.3) is 11.6 Å². The first kappa shape index (κ1) is 14.2. The molecule has 100 valence electrons. The molecule has 0 aliphatic carbocycles. The topological polar surface area (TPSA) is 88.6 Å². The SMILES string of the molecule is CCN(CCCO)C(=O)c1cc([N+](=O)[O-])cn1C. The Morgan fingerprint density at radius 3 is 2.72 bits per heavy atom. The molecule has 18 heavy (non-hydrogen) atoms. The molecule has 0 bridgehead atoms. The van der Waals surface area contributed by atoms with Crippen LogP contribution < -0.4 is 0 Å². The summed E-state index contributed by atoms with van der Waals surface area (Å²) in [4.78, 5) is 23.8. The molecule has 0 aliphatic heterocycles. The lowest BCUT2D eigenvalue weighted by Crippen LogP contribution is -2.33. The number of hydrogen-bond acceptors (Lipinski definition) is 4. The van der Waals surface area contributed by atoms with Crippen LogP contribution in [0.4, 0.5) is 5.69 Å². The maximum atomic E-state index is 12.1. The number of nitrogens with zero attached hydrogens (tertiary/aromatic N) is 3. The Morgan fingerprint density at radius 2 is 2.28 bits per heavy atom. The molecule has 0 unspecified atom stereocenters. The molecule has 0 saturated heterocycles. The standard InChI is InChI=1S/C11H17N3O4/c1-3-13(5-4-6-15)11(16)10-7-9(14(17)18)8-12(10)2/h7-8,15H,3-6H2,1-2H3. The van der Waals surface area contributed by atoms with Crippen LogP contribution in [-0.2, 0) is 7.05 Å². The number of hydrogen-bond donors (Lipinski definition) is 1. The zero-order chi connectivity index (χ0) is 13.7. The second-order valence-corrected chi connectivity index (χ2v) is 3.91. The third-order valence-corrected chi connectivity index (χ3v) is 2.68. The van der Waals surface area contributed by atoms with Gasteiger partial charge in [0.1, 0.15) is 5.69 Å². The third-order valence-electron chi connectivity index (χ3n) is 2.68. The first-order chi connectivity index (χ1) is 8.51.